The summed E-state index contributed by atoms with van der Waals surface area (Å²) < 4.78 is 0. The molecular weight excluding hydrogens is 184 g/mol. The summed E-state index contributed by atoms with van der Waals surface area (Å²) in [4.78, 5) is 6.38. The lowest BCUT2D eigenvalue weighted by atomic mass is 10.3. The van der Waals surface area contributed by atoms with Gasteiger partial charge in [-0.05, 0) is 19.1 Å². The lowest BCUT2D eigenvalue weighted by Gasteiger charge is -1.94. The van der Waals surface area contributed by atoms with Gasteiger partial charge >= 0.3 is 0 Å². The highest BCUT2D eigenvalue weighted by Gasteiger charge is 2.02. The highest BCUT2D eigenvalue weighted by Crippen LogP contribution is 2.25. The van der Waals surface area contributed by atoms with E-state index < -0.39 is 0 Å². The van der Waals surface area contributed by atoms with Crippen LogP contribution in [0.3, 0.4) is 0 Å². The molecule has 2 aromatic rings. The maximum Gasteiger partial charge on any atom is 0.240 e. The van der Waals surface area contributed by atoms with E-state index in [1.54, 1.807) is 17.5 Å². The predicted octanol–water partition coefficient (Wildman–Crippen LogP) is 1.49. The Labute approximate surface area is 79.5 Å². The monoisotopic (exact) mass is 192 g/mol. The van der Waals surface area contributed by atoms with Crippen molar-refractivity contribution < 1.29 is 0 Å². The molecule has 0 radical (unpaired) electrons. The highest BCUT2D eigenvalue weighted by atomic mass is 32.1. The van der Waals surface area contributed by atoms with Gasteiger partial charge in [0.15, 0.2) is 0 Å². The third-order valence-electron chi connectivity index (χ3n) is 1.57. The second-order valence-electron chi connectivity index (χ2n) is 2.61. The van der Waals surface area contributed by atoms with Crippen LogP contribution in [-0.4, -0.2) is 15.2 Å². The molecule has 0 saturated heterocycles. The maximum atomic E-state index is 5.42. The Hall–Kier alpha value is -1.49. The quantitative estimate of drug-likeness (QED) is 0.743. The number of nitrogens with two attached hydrogens (primary N) is 1. The smallest absolute Gasteiger partial charge is 0.240 e. The van der Waals surface area contributed by atoms with Crippen LogP contribution in [-0.2, 0) is 0 Å². The summed E-state index contributed by atoms with van der Waals surface area (Å²) in [5.41, 5.74) is 6.21. The van der Waals surface area contributed by atoms with Gasteiger partial charge in [0.2, 0.25) is 5.95 Å². The Balaban J connectivity index is 2.46. The topological polar surface area (TPSA) is 64.7 Å². The largest absolute Gasteiger partial charge is 0.366 e. The van der Waals surface area contributed by atoms with Gasteiger partial charge in [-0.25, -0.2) is 4.98 Å². The van der Waals surface area contributed by atoms with Crippen molar-refractivity contribution in [3.05, 3.63) is 23.2 Å². The number of anilines is 1. The first kappa shape index (κ1) is 8.12. The summed E-state index contributed by atoms with van der Waals surface area (Å²) in [7, 11) is 0. The number of nitrogens with zero attached hydrogens (tertiary/aromatic N) is 3. The minimum atomic E-state index is 0.212. The van der Waals surface area contributed by atoms with E-state index in [1.807, 2.05) is 19.1 Å². The van der Waals surface area contributed by atoms with Crippen molar-refractivity contribution in [2.75, 3.05) is 5.73 Å². The average Bonchev–Trinajstić information content (AvgIpc) is 2.52. The summed E-state index contributed by atoms with van der Waals surface area (Å²) in [6.07, 6.45) is 1.61. The van der Waals surface area contributed by atoms with Gasteiger partial charge in [0.05, 0.1) is 11.1 Å². The minimum absolute atomic E-state index is 0.212. The molecule has 0 aliphatic rings. The van der Waals surface area contributed by atoms with Gasteiger partial charge < -0.3 is 5.73 Å². The van der Waals surface area contributed by atoms with E-state index in [0.717, 1.165) is 10.6 Å². The summed E-state index contributed by atoms with van der Waals surface area (Å²) in [5, 5.41) is 7.33. The van der Waals surface area contributed by atoms with Crippen molar-refractivity contribution in [2.45, 2.75) is 6.92 Å². The molecule has 0 spiro atoms. The van der Waals surface area contributed by atoms with Gasteiger partial charge in [-0.2, -0.15) is 5.10 Å². The summed E-state index contributed by atoms with van der Waals surface area (Å²) in [6, 6.07) is 4.04. The Bertz CT molecular complexity index is 424. The standard InChI is InChI=1S/C8H8N4S/c1-5-2-3-7(13-5)6-4-10-12-8(9)11-6/h2-4H,1H3,(H2,9,11,12). The molecule has 0 atom stereocenters. The molecule has 2 heterocycles. The van der Waals surface area contributed by atoms with Gasteiger partial charge in [0.25, 0.3) is 0 Å². The summed E-state index contributed by atoms with van der Waals surface area (Å²) >= 11 is 1.66. The predicted molar refractivity (Wildman–Crippen MR) is 52.3 cm³/mol. The number of hydrogen-bond acceptors (Lipinski definition) is 5. The molecule has 66 valence electrons. The molecule has 2 rings (SSSR count). The van der Waals surface area contributed by atoms with Crippen molar-refractivity contribution in [2.24, 2.45) is 0 Å². The molecule has 0 fully saturated rings. The van der Waals surface area contributed by atoms with E-state index in [-0.39, 0.29) is 5.95 Å². The van der Waals surface area contributed by atoms with Crippen LogP contribution < -0.4 is 5.73 Å². The Morgan fingerprint density at radius 2 is 2.23 bits per heavy atom. The van der Waals surface area contributed by atoms with E-state index >= 15 is 0 Å². The van der Waals surface area contributed by atoms with Crippen molar-refractivity contribution >= 4 is 17.3 Å². The van der Waals surface area contributed by atoms with Gasteiger partial charge in [-0.1, -0.05) is 0 Å². The van der Waals surface area contributed by atoms with E-state index in [1.165, 1.54) is 4.88 Å². The van der Waals surface area contributed by atoms with Crippen molar-refractivity contribution in [1.29, 1.82) is 0 Å². The molecule has 0 aliphatic heterocycles. The fourth-order valence-electron chi connectivity index (χ4n) is 1.01. The van der Waals surface area contributed by atoms with Crippen LogP contribution in [0.25, 0.3) is 10.6 Å². The molecule has 0 unspecified atom stereocenters. The van der Waals surface area contributed by atoms with Crippen LogP contribution in [0.5, 0.6) is 0 Å². The molecular formula is C8H8N4S. The van der Waals surface area contributed by atoms with Crippen molar-refractivity contribution in [3.63, 3.8) is 0 Å². The fourth-order valence-corrected chi connectivity index (χ4v) is 1.83. The number of nitrogen functional groups attached to an aromatic ring is 1. The summed E-state index contributed by atoms with van der Waals surface area (Å²) in [6.45, 7) is 2.05. The minimum Gasteiger partial charge on any atom is -0.366 e. The fraction of sp³-hybridized carbons (Fsp3) is 0.125. The third kappa shape index (κ3) is 1.65. The molecule has 2 aromatic heterocycles. The molecule has 0 bridgehead atoms. The van der Waals surface area contributed by atoms with Gasteiger partial charge in [-0.15, -0.1) is 16.4 Å². The molecule has 13 heavy (non-hydrogen) atoms. The van der Waals surface area contributed by atoms with Crippen LogP contribution in [0.15, 0.2) is 18.3 Å². The summed E-state index contributed by atoms with van der Waals surface area (Å²) in [5.74, 6) is 0.212. The zero-order valence-corrected chi connectivity index (χ0v) is 7.88. The lowest BCUT2D eigenvalue weighted by Crippen LogP contribution is -1.97. The van der Waals surface area contributed by atoms with Gasteiger partial charge in [0.1, 0.15) is 5.69 Å². The SMILES string of the molecule is Cc1ccc(-c2cnnc(N)n2)s1. The number of hydrogen-bond donors (Lipinski definition) is 1. The van der Waals surface area contributed by atoms with Crippen molar-refractivity contribution in [3.8, 4) is 10.6 Å². The van der Waals surface area contributed by atoms with Crippen LogP contribution in [0, 0.1) is 6.92 Å². The van der Waals surface area contributed by atoms with Crippen molar-refractivity contribution in [1.82, 2.24) is 15.2 Å². The Morgan fingerprint density at radius 1 is 1.38 bits per heavy atom. The molecule has 0 amide bonds. The highest BCUT2D eigenvalue weighted by molar-refractivity contribution is 7.15. The molecule has 4 nitrogen and oxygen atoms in total. The first-order valence-electron chi connectivity index (χ1n) is 3.78. The van der Waals surface area contributed by atoms with E-state index in [0.29, 0.717) is 0 Å². The van der Waals surface area contributed by atoms with Gasteiger partial charge in [0, 0.05) is 4.88 Å². The van der Waals surface area contributed by atoms with Gasteiger partial charge in [-0.3, -0.25) is 0 Å². The number of aromatic nitrogens is 3. The lowest BCUT2D eigenvalue weighted by molar-refractivity contribution is 0.992. The molecule has 0 saturated carbocycles. The zero-order chi connectivity index (χ0) is 9.26. The van der Waals surface area contributed by atoms with Crippen LogP contribution in [0.1, 0.15) is 4.88 Å². The first-order valence-corrected chi connectivity index (χ1v) is 4.59. The molecule has 5 heteroatoms. The number of thiophene rings is 1. The van der Waals surface area contributed by atoms with Crippen LogP contribution in [0.4, 0.5) is 5.95 Å². The van der Waals surface area contributed by atoms with E-state index in [2.05, 4.69) is 15.2 Å². The second-order valence-corrected chi connectivity index (χ2v) is 3.90. The zero-order valence-electron chi connectivity index (χ0n) is 7.06. The second kappa shape index (κ2) is 3.10. The number of rotatable bonds is 1. The molecule has 0 aliphatic carbocycles. The third-order valence-corrected chi connectivity index (χ3v) is 2.59. The van der Waals surface area contributed by atoms with Crippen LogP contribution in [0.2, 0.25) is 0 Å². The Kier molecular flexibility index (Phi) is 1.94. The maximum absolute atomic E-state index is 5.42. The van der Waals surface area contributed by atoms with E-state index in [4.69, 9.17) is 5.73 Å². The Morgan fingerprint density at radius 3 is 2.85 bits per heavy atom. The van der Waals surface area contributed by atoms with E-state index in [9.17, 15) is 0 Å². The first-order chi connectivity index (χ1) is 6.25. The molecule has 0 aromatic carbocycles. The normalized spacial score (nSPS) is 10.2. The van der Waals surface area contributed by atoms with Crippen LogP contribution >= 0.6 is 11.3 Å². The molecule has 2 N–H and O–H groups in total. The average molecular weight is 192 g/mol. The number of aryl methyl sites for hydroxylation is 1.